The van der Waals surface area contributed by atoms with Gasteiger partial charge in [-0.3, -0.25) is 9.36 Å². The Morgan fingerprint density at radius 2 is 2.10 bits per heavy atom. The van der Waals surface area contributed by atoms with E-state index in [-0.39, 0.29) is 11.7 Å². The number of nitrogens with one attached hydrogen (secondary N) is 1. The summed E-state index contributed by atoms with van der Waals surface area (Å²) < 4.78 is 7.33. The van der Waals surface area contributed by atoms with Crippen LogP contribution < -0.4 is 10.1 Å². The number of methoxy groups -OCH3 is 1. The van der Waals surface area contributed by atoms with Crippen LogP contribution in [0.2, 0.25) is 5.02 Å². The van der Waals surface area contributed by atoms with Crippen molar-refractivity contribution >= 4 is 35.0 Å². The van der Waals surface area contributed by atoms with Crippen LogP contribution in [0.25, 0.3) is 11.4 Å². The van der Waals surface area contributed by atoms with Crippen LogP contribution in [0.4, 0.5) is 5.69 Å². The number of hydrogen-bond acceptors (Lipinski definition) is 5. The van der Waals surface area contributed by atoms with Gasteiger partial charge < -0.3 is 10.1 Å². The number of carbonyl (C=O) groups excluding carboxylic acids is 1. The van der Waals surface area contributed by atoms with E-state index in [4.69, 9.17) is 16.3 Å². The molecule has 30 heavy (non-hydrogen) atoms. The molecule has 0 bridgehead atoms. The molecule has 0 aliphatic carbocycles. The number of benzene rings is 2. The lowest BCUT2D eigenvalue weighted by Gasteiger charge is -2.12. The number of allylic oxidation sites excluding steroid dienone is 1. The van der Waals surface area contributed by atoms with E-state index in [0.29, 0.717) is 28.3 Å². The first kappa shape index (κ1) is 21.9. The molecule has 1 heterocycles. The van der Waals surface area contributed by atoms with E-state index in [2.05, 4.69) is 22.1 Å². The van der Waals surface area contributed by atoms with Crippen molar-refractivity contribution < 1.29 is 9.53 Å². The van der Waals surface area contributed by atoms with Crippen molar-refractivity contribution in [2.75, 3.05) is 18.2 Å². The zero-order valence-corrected chi connectivity index (χ0v) is 18.7. The molecule has 0 spiro atoms. The van der Waals surface area contributed by atoms with Gasteiger partial charge in [-0.1, -0.05) is 41.6 Å². The molecule has 156 valence electrons. The minimum absolute atomic E-state index is 0.108. The van der Waals surface area contributed by atoms with Gasteiger partial charge in [0, 0.05) is 17.3 Å². The van der Waals surface area contributed by atoms with Crippen LogP contribution in [-0.2, 0) is 11.3 Å². The van der Waals surface area contributed by atoms with Crippen molar-refractivity contribution in [1.82, 2.24) is 14.8 Å². The average molecular weight is 443 g/mol. The van der Waals surface area contributed by atoms with Gasteiger partial charge in [-0.2, -0.15) is 0 Å². The SMILES string of the molecule is C=CCn1c(SCC(=O)Nc2cccc(C)c2C)nnc1-c1cc(Cl)ccc1OC. The van der Waals surface area contributed by atoms with Gasteiger partial charge in [0.05, 0.1) is 18.4 Å². The van der Waals surface area contributed by atoms with Gasteiger partial charge in [-0.25, -0.2) is 0 Å². The number of aryl methyl sites for hydroxylation is 1. The van der Waals surface area contributed by atoms with E-state index >= 15 is 0 Å². The van der Waals surface area contributed by atoms with Gasteiger partial charge in [0.25, 0.3) is 0 Å². The number of nitrogens with zero attached hydrogens (tertiary/aromatic N) is 3. The van der Waals surface area contributed by atoms with Crippen LogP contribution in [0, 0.1) is 13.8 Å². The Hall–Kier alpha value is -2.77. The summed E-state index contributed by atoms with van der Waals surface area (Å²) in [5, 5.41) is 12.7. The number of thioether (sulfide) groups is 1. The molecule has 3 rings (SSSR count). The average Bonchev–Trinajstić information content (AvgIpc) is 3.12. The largest absolute Gasteiger partial charge is 0.496 e. The maximum Gasteiger partial charge on any atom is 0.234 e. The molecule has 1 N–H and O–H groups in total. The van der Waals surface area contributed by atoms with Gasteiger partial charge in [0.2, 0.25) is 5.91 Å². The molecular weight excluding hydrogens is 420 g/mol. The Kier molecular flexibility index (Phi) is 7.18. The first-order valence-corrected chi connectivity index (χ1v) is 10.7. The molecule has 3 aromatic rings. The molecule has 0 fully saturated rings. The molecule has 0 saturated heterocycles. The Morgan fingerprint density at radius 3 is 2.83 bits per heavy atom. The van der Waals surface area contributed by atoms with Crippen molar-refractivity contribution in [1.29, 1.82) is 0 Å². The second-order valence-corrected chi connectivity index (χ2v) is 8.01. The summed E-state index contributed by atoms with van der Waals surface area (Å²) in [7, 11) is 1.59. The first-order chi connectivity index (χ1) is 14.4. The number of anilines is 1. The van der Waals surface area contributed by atoms with Crippen LogP contribution in [0.5, 0.6) is 5.75 Å². The summed E-state index contributed by atoms with van der Waals surface area (Å²) in [4.78, 5) is 12.5. The van der Waals surface area contributed by atoms with Crippen LogP contribution in [0.3, 0.4) is 0 Å². The van der Waals surface area contributed by atoms with E-state index in [0.717, 1.165) is 22.4 Å². The zero-order valence-electron chi connectivity index (χ0n) is 17.1. The van der Waals surface area contributed by atoms with Crippen LogP contribution in [-0.4, -0.2) is 33.5 Å². The summed E-state index contributed by atoms with van der Waals surface area (Å²) in [5.74, 6) is 1.34. The second kappa shape index (κ2) is 9.82. The Balaban J connectivity index is 1.80. The topological polar surface area (TPSA) is 69.0 Å². The lowest BCUT2D eigenvalue weighted by atomic mass is 10.1. The minimum atomic E-state index is -0.108. The lowest BCUT2D eigenvalue weighted by molar-refractivity contribution is -0.113. The fraction of sp³-hybridized carbons (Fsp3) is 0.227. The third-order valence-electron chi connectivity index (χ3n) is 4.64. The molecule has 0 radical (unpaired) electrons. The number of hydrogen-bond donors (Lipinski definition) is 1. The first-order valence-electron chi connectivity index (χ1n) is 9.31. The second-order valence-electron chi connectivity index (χ2n) is 6.63. The highest BCUT2D eigenvalue weighted by Crippen LogP contribution is 2.33. The third kappa shape index (κ3) is 4.86. The molecule has 6 nitrogen and oxygen atoms in total. The van der Waals surface area contributed by atoms with Crippen molar-refractivity contribution in [3.05, 3.63) is 65.2 Å². The summed E-state index contributed by atoms with van der Waals surface area (Å²) in [5.41, 5.74) is 3.73. The number of aromatic nitrogens is 3. The Bertz CT molecular complexity index is 1080. The van der Waals surface area contributed by atoms with Gasteiger partial charge >= 0.3 is 0 Å². The quantitative estimate of drug-likeness (QED) is 0.386. The van der Waals surface area contributed by atoms with E-state index in [9.17, 15) is 4.79 Å². The summed E-state index contributed by atoms with van der Waals surface area (Å²) >= 11 is 7.49. The Morgan fingerprint density at radius 1 is 1.30 bits per heavy atom. The van der Waals surface area contributed by atoms with Crippen LogP contribution >= 0.6 is 23.4 Å². The maximum absolute atomic E-state index is 12.5. The molecular formula is C22H23ClN4O2S. The third-order valence-corrected chi connectivity index (χ3v) is 5.84. The number of carbonyl (C=O) groups is 1. The minimum Gasteiger partial charge on any atom is -0.496 e. The molecule has 0 saturated carbocycles. The normalized spacial score (nSPS) is 10.7. The number of ether oxygens (including phenoxy) is 1. The highest BCUT2D eigenvalue weighted by molar-refractivity contribution is 7.99. The maximum atomic E-state index is 12.5. The Labute approximate surface area is 185 Å². The highest BCUT2D eigenvalue weighted by atomic mass is 35.5. The van der Waals surface area contributed by atoms with Crippen LogP contribution in [0.15, 0.2) is 54.2 Å². The predicted molar refractivity (Wildman–Crippen MR) is 122 cm³/mol. The van der Waals surface area contributed by atoms with Crippen molar-refractivity contribution in [2.24, 2.45) is 0 Å². The monoisotopic (exact) mass is 442 g/mol. The summed E-state index contributed by atoms with van der Waals surface area (Å²) in [6.45, 7) is 8.31. The molecule has 0 atom stereocenters. The number of halogens is 1. The van der Waals surface area contributed by atoms with Crippen molar-refractivity contribution in [3.8, 4) is 17.1 Å². The van der Waals surface area contributed by atoms with Gasteiger partial charge in [-0.05, 0) is 49.2 Å². The van der Waals surface area contributed by atoms with Crippen molar-refractivity contribution in [3.63, 3.8) is 0 Å². The van der Waals surface area contributed by atoms with E-state index in [1.165, 1.54) is 11.8 Å². The highest BCUT2D eigenvalue weighted by Gasteiger charge is 2.18. The van der Waals surface area contributed by atoms with E-state index in [1.807, 2.05) is 36.6 Å². The molecule has 1 amide bonds. The molecule has 1 aromatic heterocycles. The van der Waals surface area contributed by atoms with E-state index in [1.54, 1.807) is 31.4 Å². The predicted octanol–water partition coefficient (Wildman–Crippen LogP) is 5.14. The summed E-state index contributed by atoms with van der Waals surface area (Å²) in [6.07, 6.45) is 1.75. The smallest absolute Gasteiger partial charge is 0.234 e. The molecule has 2 aromatic carbocycles. The lowest BCUT2D eigenvalue weighted by Crippen LogP contribution is -2.15. The number of amides is 1. The van der Waals surface area contributed by atoms with Gasteiger partial charge in [-0.15, -0.1) is 16.8 Å². The molecule has 0 unspecified atom stereocenters. The molecule has 0 aliphatic rings. The standard InChI is InChI=1S/C22H23ClN4O2S/c1-5-11-27-21(17-12-16(23)9-10-19(17)29-4)25-26-22(27)30-13-20(28)24-18-8-6-7-14(2)15(18)3/h5-10,12H,1,11,13H2,2-4H3,(H,24,28). The summed E-state index contributed by atoms with van der Waals surface area (Å²) in [6, 6.07) is 11.2. The van der Waals surface area contributed by atoms with Gasteiger partial charge in [0.1, 0.15) is 5.75 Å². The molecule has 8 heteroatoms. The zero-order chi connectivity index (χ0) is 21.7. The van der Waals surface area contributed by atoms with Crippen LogP contribution in [0.1, 0.15) is 11.1 Å². The molecule has 0 aliphatic heterocycles. The fourth-order valence-corrected chi connectivity index (χ4v) is 3.87. The van der Waals surface area contributed by atoms with Gasteiger partial charge in [0.15, 0.2) is 11.0 Å². The fourth-order valence-electron chi connectivity index (χ4n) is 2.95. The van der Waals surface area contributed by atoms with E-state index < -0.39 is 0 Å². The van der Waals surface area contributed by atoms with Crippen molar-refractivity contribution in [2.45, 2.75) is 25.5 Å². The number of rotatable bonds is 8.